The summed E-state index contributed by atoms with van der Waals surface area (Å²) in [6, 6.07) is 7.91. The fourth-order valence-electron chi connectivity index (χ4n) is 2.27. The molecule has 1 aliphatic carbocycles. The number of benzene rings is 1. The molecule has 1 aromatic carbocycles. The molecule has 0 saturated heterocycles. The van der Waals surface area contributed by atoms with Crippen LogP contribution >= 0.6 is 15.9 Å². The Balaban J connectivity index is 1.87. The maximum atomic E-state index is 10.1. The first-order valence-corrected chi connectivity index (χ1v) is 6.53. The van der Waals surface area contributed by atoms with Crippen molar-refractivity contribution in [1.82, 2.24) is 9.97 Å². The minimum Gasteiger partial charge on any atom is -0.390 e. The summed E-state index contributed by atoms with van der Waals surface area (Å²) in [5.41, 5.74) is 2.30. The predicted octanol–water partition coefficient (Wildman–Crippen LogP) is 2.31. The third kappa shape index (κ3) is 2.11. The van der Waals surface area contributed by atoms with E-state index in [1.807, 2.05) is 24.3 Å². The number of nitrogens with one attached hydrogen (secondary N) is 1. The second-order valence-electron chi connectivity index (χ2n) is 4.32. The van der Waals surface area contributed by atoms with Gasteiger partial charge in [-0.1, -0.05) is 24.3 Å². The standard InChI is InChI=1S/C13H12BrN3O/c14-9-6-15-13(16-7-9)17-12-10-4-2-1-3-8(10)5-11(12)18/h1-4,6-7,11-12,18H,5H2,(H,15,16,17). The average Bonchev–Trinajstić information content (AvgIpc) is 2.69. The van der Waals surface area contributed by atoms with Gasteiger partial charge in [0.25, 0.3) is 0 Å². The minimum absolute atomic E-state index is 0.137. The first kappa shape index (κ1) is 11.6. The second-order valence-corrected chi connectivity index (χ2v) is 5.23. The molecule has 2 atom stereocenters. The molecule has 3 rings (SSSR count). The second kappa shape index (κ2) is 4.66. The van der Waals surface area contributed by atoms with E-state index in [4.69, 9.17) is 0 Å². The average molecular weight is 306 g/mol. The van der Waals surface area contributed by atoms with Crippen molar-refractivity contribution >= 4 is 21.9 Å². The number of hydrogen-bond donors (Lipinski definition) is 2. The van der Waals surface area contributed by atoms with Crippen LogP contribution in [-0.2, 0) is 6.42 Å². The van der Waals surface area contributed by atoms with Crippen LogP contribution < -0.4 is 5.32 Å². The summed E-state index contributed by atoms with van der Waals surface area (Å²) >= 11 is 3.29. The lowest BCUT2D eigenvalue weighted by atomic mass is 10.1. The van der Waals surface area contributed by atoms with Gasteiger partial charge in [0.05, 0.1) is 16.6 Å². The zero-order chi connectivity index (χ0) is 12.5. The Bertz CT molecular complexity index is 558. The smallest absolute Gasteiger partial charge is 0.223 e. The largest absolute Gasteiger partial charge is 0.390 e. The van der Waals surface area contributed by atoms with E-state index >= 15 is 0 Å². The first-order chi connectivity index (χ1) is 8.74. The van der Waals surface area contributed by atoms with Gasteiger partial charge in [-0.05, 0) is 27.1 Å². The van der Waals surface area contributed by atoms with Crippen LogP contribution in [0.4, 0.5) is 5.95 Å². The highest BCUT2D eigenvalue weighted by Crippen LogP contribution is 2.33. The van der Waals surface area contributed by atoms with E-state index in [1.54, 1.807) is 12.4 Å². The van der Waals surface area contributed by atoms with Crippen LogP contribution in [-0.4, -0.2) is 21.2 Å². The molecule has 2 N–H and O–H groups in total. The van der Waals surface area contributed by atoms with Crippen molar-refractivity contribution in [2.75, 3.05) is 5.32 Å². The lowest BCUT2D eigenvalue weighted by Crippen LogP contribution is -2.22. The minimum atomic E-state index is -0.436. The number of hydrogen-bond acceptors (Lipinski definition) is 4. The van der Waals surface area contributed by atoms with Gasteiger partial charge >= 0.3 is 0 Å². The molecule has 1 aromatic heterocycles. The Kier molecular flexibility index (Phi) is 3.01. The molecule has 92 valence electrons. The number of halogens is 1. The molecule has 1 heterocycles. The van der Waals surface area contributed by atoms with Gasteiger partial charge in [0, 0.05) is 18.8 Å². The molecule has 18 heavy (non-hydrogen) atoms. The summed E-state index contributed by atoms with van der Waals surface area (Å²) in [7, 11) is 0. The maximum absolute atomic E-state index is 10.1. The first-order valence-electron chi connectivity index (χ1n) is 5.74. The molecule has 0 bridgehead atoms. The van der Waals surface area contributed by atoms with E-state index in [0.29, 0.717) is 12.4 Å². The summed E-state index contributed by atoms with van der Waals surface area (Å²) in [6.07, 6.45) is 3.60. The van der Waals surface area contributed by atoms with E-state index in [0.717, 1.165) is 10.0 Å². The van der Waals surface area contributed by atoms with Crippen LogP contribution in [0.25, 0.3) is 0 Å². The van der Waals surface area contributed by atoms with Crippen molar-refractivity contribution in [3.05, 3.63) is 52.3 Å². The Hall–Kier alpha value is -1.46. The highest BCUT2D eigenvalue weighted by Gasteiger charge is 2.30. The van der Waals surface area contributed by atoms with E-state index < -0.39 is 6.10 Å². The fourth-order valence-corrected chi connectivity index (χ4v) is 2.48. The normalized spacial score (nSPS) is 21.7. The zero-order valence-corrected chi connectivity index (χ0v) is 11.1. The molecule has 2 aromatic rings. The Morgan fingerprint density at radius 3 is 2.72 bits per heavy atom. The summed E-state index contributed by atoms with van der Waals surface area (Å²) < 4.78 is 0.834. The molecule has 0 saturated carbocycles. The molecular formula is C13H12BrN3O. The van der Waals surface area contributed by atoms with Crippen LogP contribution in [0.5, 0.6) is 0 Å². The Morgan fingerprint density at radius 1 is 1.22 bits per heavy atom. The number of aliphatic hydroxyl groups excluding tert-OH is 1. The summed E-state index contributed by atoms with van der Waals surface area (Å²) in [4.78, 5) is 8.34. The number of fused-ring (bicyclic) bond motifs is 1. The third-order valence-electron chi connectivity index (χ3n) is 3.11. The van der Waals surface area contributed by atoms with E-state index in [-0.39, 0.29) is 6.04 Å². The Morgan fingerprint density at radius 2 is 1.94 bits per heavy atom. The van der Waals surface area contributed by atoms with Gasteiger partial charge in [0.2, 0.25) is 5.95 Å². The molecule has 0 fully saturated rings. The van der Waals surface area contributed by atoms with E-state index in [1.165, 1.54) is 5.56 Å². The summed E-state index contributed by atoms with van der Waals surface area (Å²) in [5.74, 6) is 0.527. The lowest BCUT2D eigenvalue weighted by Gasteiger charge is -2.17. The zero-order valence-electron chi connectivity index (χ0n) is 9.55. The van der Waals surface area contributed by atoms with Crippen molar-refractivity contribution in [2.45, 2.75) is 18.6 Å². The number of nitrogens with zero attached hydrogens (tertiary/aromatic N) is 2. The molecule has 2 unspecified atom stereocenters. The van der Waals surface area contributed by atoms with Gasteiger partial charge in [-0.3, -0.25) is 0 Å². The van der Waals surface area contributed by atoms with Crippen LogP contribution in [0, 0.1) is 0 Å². The van der Waals surface area contributed by atoms with Crippen molar-refractivity contribution in [2.24, 2.45) is 0 Å². The van der Waals surface area contributed by atoms with Crippen LogP contribution in [0.2, 0.25) is 0 Å². The molecule has 1 aliphatic rings. The van der Waals surface area contributed by atoms with Gasteiger partial charge in [0.15, 0.2) is 0 Å². The van der Waals surface area contributed by atoms with Crippen molar-refractivity contribution < 1.29 is 5.11 Å². The number of aromatic nitrogens is 2. The lowest BCUT2D eigenvalue weighted by molar-refractivity contribution is 0.165. The quantitative estimate of drug-likeness (QED) is 0.894. The van der Waals surface area contributed by atoms with Crippen LogP contribution in [0.3, 0.4) is 0 Å². The monoisotopic (exact) mass is 305 g/mol. The van der Waals surface area contributed by atoms with Gasteiger partial charge < -0.3 is 10.4 Å². The number of aliphatic hydroxyl groups is 1. The van der Waals surface area contributed by atoms with Gasteiger partial charge in [0.1, 0.15) is 0 Å². The number of anilines is 1. The molecule has 0 aliphatic heterocycles. The summed E-state index contributed by atoms with van der Waals surface area (Å²) in [5, 5.41) is 13.3. The fraction of sp³-hybridized carbons (Fsp3) is 0.231. The number of rotatable bonds is 2. The third-order valence-corrected chi connectivity index (χ3v) is 3.52. The molecule has 5 heteroatoms. The van der Waals surface area contributed by atoms with E-state index in [9.17, 15) is 5.11 Å². The molecular weight excluding hydrogens is 294 g/mol. The van der Waals surface area contributed by atoms with Crippen LogP contribution in [0.15, 0.2) is 41.1 Å². The van der Waals surface area contributed by atoms with Crippen molar-refractivity contribution in [1.29, 1.82) is 0 Å². The summed E-state index contributed by atoms with van der Waals surface area (Å²) in [6.45, 7) is 0. The predicted molar refractivity (Wildman–Crippen MR) is 72.2 cm³/mol. The van der Waals surface area contributed by atoms with Gasteiger partial charge in [-0.15, -0.1) is 0 Å². The molecule has 0 amide bonds. The van der Waals surface area contributed by atoms with Gasteiger partial charge in [-0.25, -0.2) is 9.97 Å². The van der Waals surface area contributed by atoms with Crippen molar-refractivity contribution in [3.8, 4) is 0 Å². The SMILES string of the molecule is OC1Cc2ccccc2C1Nc1ncc(Br)cn1. The maximum Gasteiger partial charge on any atom is 0.223 e. The molecule has 4 nitrogen and oxygen atoms in total. The van der Waals surface area contributed by atoms with Crippen molar-refractivity contribution in [3.63, 3.8) is 0 Å². The highest BCUT2D eigenvalue weighted by molar-refractivity contribution is 9.10. The van der Waals surface area contributed by atoms with Gasteiger partial charge in [-0.2, -0.15) is 0 Å². The molecule has 0 spiro atoms. The Labute approximate surface area is 113 Å². The highest BCUT2D eigenvalue weighted by atomic mass is 79.9. The topological polar surface area (TPSA) is 58.0 Å². The van der Waals surface area contributed by atoms with Crippen LogP contribution in [0.1, 0.15) is 17.2 Å². The molecule has 0 radical (unpaired) electrons. The van der Waals surface area contributed by atoms with E-state index in [2.05, 4.69) is 31.2 Å².